The lowest BCUT2D eigenvalue weighted by Crippen LogP contribution is -2.36. The van der Waals surface area contributed by atoms with Crippen LogP contribution in [0.5, 0.6) is 11.5 Å². The van der Waals surface area contributed by atoms with E-state index in [2.05, 4.69) is 9.50 Å². The third kappa shape index (κ3) is 4.44. The molecule has 1 aromatic carbocycles. The molecule has 0 spiro atoms. The van der Waals surface area contributed by atoms with Crippen molar-refractivity contribution < 1.29 is 13.7 Å². The Hall–Kier alpha value is -2.48. The van der Waals surface area contributed by atoms with Crippen molar-refractivity contribution in [3.05, 3.63) is 52.4 Å². The zero-order valence-corrected chi connectivity index (χ0v) is 16.7. The van der Waals surface area contributed by atoms with Crippen LogP contribution in [0.1, 0.15) is 32.8 Å². The number of methoxy groups -OCH3 is 1. The number of ether oxygens (including phenoxy) is 2. The number of hydrogen-bond acceptors (Lipinski definition) is 5. The summed E-state index contributed by atoms with van der Waals surface area (Å²) in [6.45, 7) is 5.92. The molecule has 1 aliphatic rings. The lowest BCUT2D eigenvalue weighted by atomic mass is 9.99. The molecule has 0 saturated carbocycles. The molecule has 0 fully saturated rings. The van der Waals surface area contributed by atoms with Crippen LogP contribution in [-0.4, -0.2) is 37.7 Å². The summed E-state index contributed by atoms with van der Waals surface area (Å²) in [5, 5.41) is 4.09. The van der Waals surface area contributed by atoms with Crippen molar-refractivity contribution in [1.29, 1.82) is 0 Å². The molecule has 8 heteroatoms. The Kier molecular flexibility index (Phi) is 5.46. The molecule has 3 rings (SSSR count). The molecular formula is C19H23N3O4S. The number of benzene rings is 1. The lowest BCUT2D eigenvalue weighted by molar-refractivity contribution is 0.173. The summed E-state index contributed by atoms with van der Waals surface area (Å²) < 4.78 is 29.3. The van der Waals surface area contributed by atoms with Crippen LogP contribution in [-0.2, 0) is 17.5 Å². The van der Waals surface area contributed by atoms with E-state index in [9.17, 15) is 9.00 Å². The quantitative estimate of drug-likeness (QED) is 0.802. The fourth-order valence-electron chi connectivity index (χ4n) is 2.65. The van der Waals surface area contributed by atoms with Crippen LogP contribution in [0.4, 0.5) is 0 Å². The van der Waals surface area contributed by atoms with Gasteiger partial charge in [0, 0.05) is 30.3 Å². The van der Waals surface area contributed by atoms with Crippen LogP contribution >= 0.6 is 0 Å². The fourth-order valence-corrected chi connectivity index (χ4v) is 3.30. The van der Waals surface area contributed by atoms with Gasteiger partial charge in [0.05, 0.1) is 24.1 Å². The van der Waals surface area contributed by atoms with Crippen LogP contribution in [0.25, 0.3) is 0 Å². The minimum absolute atomic E-state index is 0.200. The van der Waals surface area contributed by atoms with Crippen molar-refractivity contribution in [2.45, 2.75) is 44.6 Å². The second-order valence-electron chi connectivity index (χ2n) is 7.25. The SMILES string of the molecule is COc1ccc2c(c1)O[C@@H](Cn1ncccc1=O)C/C2=N\S(=O)C(C)(C)C. The van der Waals surface area contributed by atoms with E-state index < -0.39 is 15.7 Å². The predicted octanol–water partition coefficient (Wildman–Crippen LogP) is 2.35. The summed E-state index contributed by atoms with van der Waals surface area (Å²) in [5.41, 5.74) is 1.29. The Morgan fingerprint density at radius 3 is 2.81 bits per heavy atom. The second kappa shape index (κ2) is 7.64. The molecule has 0 saturated heterocycles. The number of aromatic nitrogens is 2. The normalized spacial score (nSPS) is 19.3. The number of hydrogen-bond donors (Lipinski definition) is 0. The third-order valence-corrected chi connectivity index (χ3v) is 5.53. The molecule has 0 bridgehead atoms. The first-order valence-electron chi connectivity index (χ1n) is 8.64. The van der Waals surface area contributed by atoms with Crippen molar-refractivity contribution in [1.82, 2.24) is 9.78 Å². The second-order valence-corrected chi connectivity index (χ2v) is 9.16. The van der Waals surface area contributed by atoms with Crippen molar-refractivity contribution in [2.75, 3.05) is 7.11 Å². The zero-order chi connectivity index (χ0) is 19.6. The first kappa shape index (κ1) is 19.3. The van der Waals surface area contributed by atoms with Gasteiger partial charge in [-0.15, -0.1) is 0 Å². The van der Waals surface area contributed by atoms with Gasteiger partial charge in [-0.2, -0.15) is 9.50 Å². The van der Waals surface area contributed by atoms with Gasteiger partial charge in [0.2, 0.25) is 0 Å². The first-order valence-corrected chi connectivity index (χ1v) is 9.75. The molecule has 27 heavy (non-hydrogen) atoms. The van der Waals surface area contributed by atoms with E-state index in [-0.39, 0.29) is 18.2 Å². The monoisotopic (exact) mass is 389 g/mol. The maximum Gasteiger partial charge on any atom is 0.266 e. The van der Waals surface area contributed by atoms with Gasteiger partial charge >= 0.3 is 0 Å². The fraction of sp³-hybridized carbons (Fsp3) is 0.421. The van der Waals surface area contributed by atoms with Crippen LogP contribution < -0.4 is 15.0 Å². The van der Waals surface area contributed by atoms with Gasteiger partial charge in [0.25, 0.3) is 5.56 Å². The molecule has 2 atom stereocenters. The van der Waals surface area contributed by atoms with E-state index in [1.807, 2.05) is 32.9 Å². The Labute approximate surface area is 160 Å². The molecule has 0 radical (unpaired) electrons. The van der Waals surface area contributed by atoms with E-state index in [1.165, 1.54) is 10.7 Å². The number of rotatable bonds is 4. The molecule has 144 valence electrons. The van der Waals surface area contributed by atoms with Gasteiger partial charge in [0.1, 0.15) is 28.6 Å². The highest BCUT2D eigenvalue weighted by atomic mass is 32.2. The minimum Gasteiger partial charge on any atom is -0.497 e. The molecule has 1 aromatic heterocycles. The summed E-state index contributed by atoms with van der Waals surface area (Å²) in [6.07, 6.45) is 1.64. The Morgan fingerprint density at radius 1 is 1.37 bits per heavy atom. The standard InChI is InChI=1S/C19H23N3O4S/c1-19(2,3)27(24)21-16-10-14(12-22-18(23)6-5-9-20-22)26-17-11-13(25-4)7-8-15(16)17/h5-9,11,14H,10,12H2,1-4H3/b21-16+/t14-,27?/m1/s1. The average molecular weight is 389 g/mol. The summed E-state index contributed by atoms with van der Waals surface area (Å²) in [5.74, 6) is 1.25. The molecule has 2 heterocycles. The van der Waals surface area contributed by atoms with Crippen LogP contribution in [0.3, 0.4) is 0 Å². The van der Waals surface area contributed by atoms with Gasteiger partial charge < -0.3 is 9.47 Å². The highest BCUT2D eigenvalue weighted by Gasteiger charge is 2.28. The maximum atomic E-state index is 12.6. The Balaban J connectivity index is 1.98. The van der Waals surface area contributed by atoms with E-state index in [4.69, 9.17) is 9.47 Å². The summed E-state index contributed by atoms with van der Waals surface area (Å²) in [7, 11) is 0.184. The molecule has 7 nitrogen and oxygen atoms in total. The molecule has 0 amide bonds. The van der Waals surface area contributed by atoms with Gasteiger partial charge in [-0.25, -0.2) is 8.89 Å². The number of nitrogens with zero attached hydrogens (tertiary/aromatic N) is 3. The van der Waals surface area contributed by atoms with Crippen LogP contribution in [0.15, 0.2) is 45.7 Å². The van der Waals surface area contributed by atoms with Gasteiger partial charge in [-0.1, -0.05) is 0 Å². The van der Waals surface area contributed by atoms with Gasteiger partial charge in [0.15, 0.2) is 0 Å². The number of fused-ring (bicyclic) bond motifs is 1. The minimum atomic E-state index is -1.40. The maximum absolute atomic E-state index is 12.6. The molecule has 1 aliphatic heterocycles. The van der Waals surface area contributed by atoms with Crippen molar-refractivity contribution in [3.8, 4) is 11.5 Å². The summed E-state index contributed by atoms with van der Waals surface area (Å²) in [4.78, 5) is 12.0. The molecule has 2 aromatic rings. The van der Waals surface area contributed by atoms with Crippen LogP contribution in [0.2, 0.25) is 0 Å². The zero-order valence-electron chi connectivity index (χ0n) is 15.8. The largest absolute Gasteiger partial charge is 0.497 e. The van der Waals surface area contributed by atoms with Crippen molar-refractivity contribution in [3.63, 3.8) is 0 Å². The summed E-state index contributed by atoms with van der Waals surface area (Å²) >= 11 is 0. The lowest BCUT2D eigenvalue weighted by Gasteiger charge is -2.28. The topological polar surface area (TPSA) is 82.8 Å². The Morgan fingerprint density at radius 2 is 2.15 bits per heavy atom. The smallest absolute Gasteiger partial charge is 0.266 e. The molecular weight excluding hydrogens is 366 g/mol. The highest BCUT2D eigenvalue weighted by molar-refractivity contribution is 7.85. The van der Waals surface area contributed by atoms with Crippen molar-refractivity contribution in [2.24, 2.45) is 4.40 Å². The first-order chi connectivity index (χ1) is 12.8. The Bertz CT molecular complexity index is 946. The van der Waals surface area contributed by atoms with E-state index >= 15 is 0 Å². The van der Waals surface area contributed by atoms with E-state index in [0.29, 0.717) is 23.6 Å². The summed E-state index contributed by atoms with van der Waals surface area (Å²) in [6, 6.07) is 8.51. The van der Waals surface area contributed by atoms with E-state index in [1.54, 1.807) is 25.4 Å². The molecule has 0 N–H and O–H groups in total. The predicted molar refractivity (Wildman–Crippen MR) is 105 cm³/mol. The molecule has 1 unspecified atom stereocenters. The van der Waals surface area contributed by atoms with Gasteiger partial charge in [-0.3, -0.25) is 4.79 Å². The highest BCUT2D eigenvalue weighted by Crippen LogP contribution is 2.33. The van der Waals surface area contributed by atoms with Crippen molar-refractivity contribution >= 4 is 16.7 Å². The van der Waals surface area contributed by atoms with Gasteiger partial charge in [-0.05, 0) is 39.0 Å². The third-order valence-electron chi connectivity index (χ3n) is 4.09. The molecule has 0 aliphatic carbocycles. The average Bonchev–Trinajstić information content (AvgIpc) is 2.62. The van der Waals surface area contributed by atoms with E-state index in [0.717, 1.165) is 5.56 Å². The van der Waals surface area contributed by atoms with Crippen LogP contribution in [0, 0.1) is 0 Å².